The molecule has 0 unspecified atom stereocenters. The van der Waals surface area contributed by atoms with E-state index in [-0.39, 0.29) is 23.9 Å². The van der Waals surface area contributed by atoms with Gasteiger partial charge < -0.3 is 29.5 Å². The summed E-state index contributed by atoms with van der Waals surface area (Å²) >= 11 is 0. The molecular weight excluding hydrogens is 548 g/mol. The van der Waals surface area contributed by atoms with Crippen molar-refractivity contribution in [3.05, 3.63) is 65.0 Å². The summed E-state index contributed by atoms with van der Waals surface area (Å²) in [5.41, 5.74) is 4.55. The number of likely N-dealkylation sites (tertiary alicyclic amines) is 2. The number of fused-ring (bicyclic) bond motifs is 1. The van der Waals surface area contributed by atoms with Gasteiger partial charge >= 0.3 is 6.03 Å². The van der Waals surface area contributed by atoms with Crippen LogP contribution in [-0.4, -0.2) is 101 Å². The summed E-state index contributed by atoms with van der Waals surface area (Å²) in [6.07, 6.45) is 12.4. The van der Waals surface area contributed by atoms with E-state index in [1.54, 1.807) is 6.20 Å². The Hall–Kier alpha value is -3.96. The van der Waals surface area contributed by atoms with Gasteiger partial charge in [0, 0.05) is 80.8 Å². The number of carbonyl (C=O) groups is 3. The zero-order valence-corrected chi connectivity index (χ0v) is 24.3. The smallest absolute Gasteiger partial charge is 0.322 e. The van der Waals surface area contributed by atoms with E-state index in [9.17, 15) is 14.4 Å². The summed E-state index contributed by atoms with van der Waals surface area (Å²) < 4.78 is 11.7. The van der Waals surface area contributed by atoms with Gasteiger partial charge in [-0.15, -0.1) is 0 Å². The highest BCUT2D eigenvalue weighted by Gasteiger charge is 2.41. The lowest BCUT2D eigenvalue weighted by Gasteiger charge is -2.41. The summed E-state index contributed by atoms with van der Waals surface area (Å²) in [5, 5.41) is 11.1. The normalized spacial score (nSPS) is 22.8. The van der Waals surface area contributed by atoms with Crippen LogP contribution < -0.4 is 5.32 Å². The number of aromatic amines is 1. The Bertz CT molecular complexity index is 1500. The Morgan fingerprint density at radius 1 is 1.07 bits per heavy atom. The van der Waals surface area contributed by atoms with Crippen molar-refractivity contribution >= 4 is 28.7 Å². The van der Waals surface area contributed by atoms with E-state index in [0.717, 1.165) is 35.0 Å². The molecule has 0 saturated carbocycles. The number of nitrogens with one attached hydrogen (secondary N) is 2. The van der Waals surface area contributed by atoms with Crippen LogP contribution in [0.1, 0.15) is 44.1 Å². The Kier molecular flexibility index (Phi) is 7.52. The first-order chi connectivity index (χ1) is 21.0. The van der Waals surface area contributed by atoms with Gasteiger partial charge in [-0.05, 0) is 49.0 Å². The second-order valence-corrected chi connectivity index (χ2v) is 12.1. The van der Waals surface area contributed by atoms with Crippen LogP contribution in [0.3, 0.4) is 0 Å². The average Bonchev–Trinajstić information content (AvgIpc) is 3.70. The highest BCUT2D eigenvalue weighted by Crippen LogP contribution is 2.32. The number of nitrogens with zero attached hydrogens (tertiary/aromatic N) is 4. The molecule has 7 rings (SSSR count). The minimum atomic E-state index is -0.580. The number of carbonyl (C=O) groups excluding carboxylic acids is 3. The maximum atomic E-state index is 13.9. The van der Waals surface area contributed by atoms with Gasteiger partial charge in [-0.1, -0.05) is 18.2 Å². The number of hydrogen-bond donors (Lipinski definition) is 2. The molecule has 4 aliphatic heterocycles. The van der Waals surface area contributed by atoms with Crippen molar-refractivity contribution in [3.8, 4) is 0 Å². The van der Waals surface area contributed by atoms with E-state index in [4.69, 9.17) is 9.47 Å². The number of hydrogen-bond acceptors (Lipinski definition) is 6. The van der Waals surface area contributed by atoms with Gasteiger partial charge in [0.05, 0.1) is 24.9 Å². The van der Waals surface area contributed by atoms with Gasteiger partial charge in [-0.25, -0.2) is 4.79 Å². The molecule has 1 aliphatic carbocycles. The lowest BCUT2D eigenvalue weighted by Crippen LogP contribution is -2.54. The predicted molar refractivity (Wildman–Crippen MR) is 159 cm³/mol. The van der Waals surface area contributed by atoms with Crippen molar-refractivity contribution in [2.24, 2.45) is 0 Å². The number of H-pyrrole nitrogens is 1. The number of benzene rings is 1. The van der Waals surface area contributed by atoms with Crippen molar-refractivity contribution in [3.63, 3.8) is 0 Å². The van der Waals surface area contributed by atoms with Crippen LogP contribution >= 0.6 is 0 Å². The monoisotopic (exact) mass is 586 g/mol. The third kappa shape index (κ3) is 5.71. The molecule has 43 heavy (non-hydrogen) atoms. The number of allylic oxidation sites excluding steroid dienone is 2. The lowest BCUT2D eigenvalue weighted by atomic mass is 9.97. The quantitative estimate of drug-likeness (QED) is 0.520. The highest BCUT2D eigenvalue weighted by molar-refractivity contribution is 6.01. The van der Waals surface area contributed by atoms with Crippen LogP contribution in [0.25, 0.3) is 10.9 Å². The van der Waals surface area contributed by atoms with Gasteiger partial charge in [0.15, 0.2) is 5.79 Å². The molecule has 1 spiro atoms. The maximum Gasteiger partial charge on any atom is 0.322 e. The molecule has 11 nitrogen and oxygen atoms in total. The molecule has 11 heteroatoms. The molecule has 3 fully saturated rings. The number of ether oxygens (including phenoxy) is 2. The first-order valence-electron chi connectivity index (χ1n) is 15.4. The van der Waals surface area contributed by atoms with Crippen LogP contribution in [0.4, 0.5) is 4.79 Å². The Morgan fingerprint density at radius 2 is 1.86 bits per heavy atom. The molecule has 1 aromatic heterocycles. The molecular formula is C32H38N6O5. The van der Waals surface area contributed by atoms with Crippen LogP contribution in [0.5, 0.6) is 0 Å². The minimum Gasteiger partial charge on any atom is -0.347 e. The zero-order valence-electron chi connectivity index (χ0n) is 24.3. The van der Waals surface area contributed by atoms with Crippen molar-refractivity contribution in [1.29, 1.82) is 0 Å². The van der Waals surface area contributed by atoms with Crippen molar-refractivity contribution in [2.45, 2.75) is 56.8 Å². The molecule has 5 aliphatic rings. The maximum absolute atomic E-state index is 13.9. The molecule has 0 radical (unpaired) electrons. The number of aromatic nitrogens is 2. The van der Waals surface area contributed by atoms with Gasteiger partial charge in [0.25, 0.3) is 0 Å². The predicted octanol–water partition coefficient (Wildman–Crippen LogP) is 3.02. The second kappa shape index (κ2) is 11.6. The molecule has 0 bridgehead atoms. The van der Waals surface area contributed by atoms with E-state index >= 15 is 0 Å². The summed E-state index contributed by atoms with van der Waals surface area (Å²) in [5.74, 6) is -0.868. The fraction of sp³-hybridized carbons (Fsp3) is 0.500. The van der Waals surface area contributed by atoms with Gasteiger partial charge in [0.1, 0.15) is 0 Å². The summed E-state index contributed by atoms with van der Waals surface area (Å²) in [6, 6.07) is 5.95. The van der Waals surface area contributed by atoms with Crippen LogP contribution in [0.15, 0.2) is 59.5 Å². The topological polar surface area (TPSA) is 120 Å². The molecule has 5 heterocycles. The number of amides is 4. The van der Waals surface area contributed by atoms with Crippen molar-refractivity contribution in [1.82, 2.24) is 30.2 Å². The third-order valence-electron chi connectivity index (χ3n) is 9.44. The van der Waals surface area contributed by atoms with E-state index in [1.165, 1.54) is 11.6 Å². The fourth-order valence-electron chi connectivity index (χ4n) is 6.94. The van der Waals surface area contributed by atoms with E-state index in [1.807, 2.05) is 32.9 Å². The van der Waals surface area contributed by atoms with Crippen LogP contribution in [0.2, 0.25) is 0 Å². The summed E-state index contributed by atoms with van der Waals surface area (Å²) in [4.78, 5) is 45.9. The van der Waals surface area contributed by atoms with Crippen LogP contribution in [-0.2, 0) is 25.5 Å². The van der Waals surface area contributed by atoms with E-state index < -0.39 is 5.79 Å². The van der Waals surface area contributed by atoms with Gasteiger partial charge in [-0.3, -0.25) is 14.7 Å². The number of rotatable bonds is 5. The molecule has 226 valence electrons. The summed E-state index contributed by atoms with van der Waals surface area (Å²) in [7, 11) is 0. The Balaban J connectivity index is 1.04. The average molecular weight is 587 g/mol. The van der Waals surface area contributed by atoms with Gasteiger partial charge in [-0.2, -0.15) is 5.10 Å². The summed E-state index contributed by atoms with van der Waals surface area (Å²) in [6.45, 7) is 3.88. The Labute approximate surface area is 250 Å². The third-order valence-corrected chi connectivity index (χ3v) is 9.44. The zero-order chi connectivity index (χ0) is 29.4. The molecule has 2 N–H and O–H groups in total. The Morgan fingerprint density at radius 3 is 2.65 bits per heavy atom. The molecule has 3 saturated heterocycles. The largest absolute Gasteiger partial charge is 0.347 e. The fourth-order valence-corrected chi connectivity index (χ4v) is 6.94. The molecule has 4 amide bonds. The standard InChI is InChI=1S/C32H38N6O5/c39-29(36-11-7-26(8-12-36)38-21-23-3-1-2-4-27(23)34-31(38)41)19-24(17-22-5-6-28-25(18-22)20-33-35-28)30(40)37-13-9-32(10-14-37)42-15-16-43-32/h1,3,5-6,18-20,26H,2,4,7-17,21H2,(H,33,35)(H,34,41)/b24-19-. The first kappa shape index (κ1) is 27.8. The second-order valence-electron chi connectivity index (χ2n) is 12.1. The highest BCUT2D eigenvalue weighted by atomic mass is 16.7. The molecule has 0 atom stereocenters. The molecule has 2 aromatic rings. The van der Waals surface area contributed by atoms with Crippen LogP contribution in [0, 0.1) is 0 Å². The molecule has 1 aromatic carbocycles. The van der Waals surface area contributed by atoms with Crippen molar-refractivity contribution in [2.75, 3.05) is 45.9 Å². The minimum absolute atomic E-state index is 0.0436. The first-order valence-corrected chi connectivity index (χ1v) is 15.4. The number of urea groups is 1. The van der Waals surface area contributed by atoms with E-state index in [0.29, 0.717) is 83.6 Å². The van der Waals surface area contributed by atoms with Gasteiger partial charge in [0.2, 0.25) is 11.8 Å². The van der Waals surface area contributed by atoms with E-state index in [2.05, 4.69) is 27.7 Å². The van der Waals surface area contributed by atoms with Crippen molar-refractivity contribution < 1.29 is 23.9 Å². The number of piperidine rings is 2. The SMILES string of the molecule is O=C(/C=C(/Cc1ccc2[nH]ncc2c1)C(=O)N1CCC2(CC1)OCCO2)N1CCC(N2CC3=C(CCC=C3)NC2=O)CC1. The lowest BCUT2D eigenvalue weighted by molar-refractivity contribution is -0.186.